The van der Waals surface area contributed by atoms with E-state index < -0.39 is 11.9 Å². The summed E-state index contributed by atoms with van der Waals surface area (Å²) >= 11 is 0. The monoisotopic (exact) mass is 257 g/mol. The molecule has 0 saturated heterocycles. The van der Waals surface area contributed by atoms with E-state index in [9.17, 15) is 13.2 Å². The van der Waals surface area contributed by atoms with Gasteiger partial charge >= 0.3 is 6.18 Å². The van der Waals surface area contributed by atoms with Gasteiger partial charge in [0.2, 0.25) is 5.95 Å². The lowest BCUT2D eigenvalue weighted by Crippen LogP contribution is -2.27. The van der Waals surface area contributed by atoms with Crippen molar-refractivity contribution in [3.8, 4) is 0 Å². The molecule has 1 heterocycles. The predicted molar refractivity (Wildman–Crippen MR) is 59.9 cm³/mol. The molecule has 3 unspecified atom stereocenters. The minimum absolute atomic E-state index is 0.0994. The summed E-state index contributed by atoms with van der Waals surface area (Å²) in [7, 11) is 0. The van der Waals surface area contributed by atoms with Crippen LogP contribution in [0, 0.1) is 11.8 Å². The number of nitrogens with one attached hydrogen (secondary N) is 1. The third kappa shape index (κ3) is 2.15. The van der Waals surface area contributed by atoms with Gasteiger partial charge in [-0.15, -0.1) is 0 Å². The molecule has 1 N–H and O–H groups in total. The molecule has 0 aromatic carbocycles. The lowest BCUT2D eigenvalue weighted by Gasteiger charge is -2.22. The maximum atomic E-state index is 12.5. The second-order valence-electron chi connectivity index (χ2n) is 5.19. The van der Waals surface area contributed by atoms with E-state index in [4.69, 9.17) is 0 Å². The molecule has 2 aliphatic rings. The summed E-state index contributed by atoms with van der Waals surface area (Å²) in [6, 6.07) is 1.14. The molecule has 0 radical (unpaired) electrons. The Kier molecular flexibility index (Phi) is 2.68. The van der Waals surface area contributed by atoms with Crippen molar-refractivity contribution in [2.75, 3.05) is 5.32 Å². The highest BCUT2D eigenvalue weighted by molar-refractivity contribution is 5.29. The van der Waals surface area contributed by atoms with Crippen LogP contribution in [-0.2, 0) is 6.18 Å². The van der Waals surface area contributed by atoms with E-state index in [1.54, 1.807) is 0 Å². The molecule has 0 amide bonds. The summed E-state index contributed by atoms with van der Waals surface area (Å²) in [6.45, 7) is 0. The molecule has 98 valence electrons. The van der Waals surface area contributed by atoms with E-state index >= 15 is 0 Å². The molecular formula is C12H14F3N3. The Morgan fingerprint density at radius 3 is 2.67 bits per heavy atom. The van der Waals surface area contributed by atoms with Crippen LogP contribution in [0.25, 0.3) is 0 Å². The van der Waals surface area contributed by atoms with Gasteiger partial charge in [0.05, 0.1) is 0 Å². The molecule has 2 bridgehead atoms. The topological polar surface area (TPSA) is 37.8 Å². The Bertz CT molecular complexity index is 446. The van der Waals surface area contributed by atoms with Crippen molar-refractivity contribution in [2.24, 2.45) is 11.8 Å². The fraction of sp³-hybridized carbons (Fsp3) is 0.667. The molecule has 1 aromatic heterocycles. The highest BCUT2D eigenvalue weighted by atomic mass is 19.4. The Balaban J connectivity index is 1.73. The first-order chi connectivity index (χ1) is 8.52. The first-order valence-corrected chi connectivity index (χ1v) is 6.19. The smallest absolute Gasteiger partial charge is 0.351 e. The minimum atomic E-state index is -4.41. The van der Waals surface area contributed by atoms with E-state index in [1.165, 1.54) is 19.3 Å². The van der Waals surface area contributed by atoms with Gasteiger partial charge in [0, 0.05) is 12.2 Å². The molecule has 2 aliphatic carbocycles. The number of fused-ring (bicyclic) bond motifs is 2. The summed E-state index contributed by atoms with van der Waals surface area (Å²) in [4.78, 5) is 7.42. The fourth-order valence-electron chi connectivity index (χ4n) is 3.17. The van der Waals surface area contributed by atoms with Crippen molar-refractivity contribution in [2.45, 2.75) is 37.9 Å². The zero-order chi connectivity index (χ0) is 12.8. The molecule has 1 aromatic rings. The van der Waals surface area contributed by atoms with Crippen LogP contribution in [-0.4, -0.2) is 16.0 Å². The van der Waals surface area contributed by atoms with Crippen LogP contribution in [0.5, 0.6) is 0 Å². The van der Waals surface area contributed by atoms with Gasteiger partial charge in [-0.25, -0.2) is 9.97 Å². The zero-order valence-corrected chi connectivity index (χ0v) is 9.74. The number of nitrogens with zero attached hydrogens (tertiary/aromatic N) is 2. The number of aromatic nitrogens is 2. The van der Waals surface area contributed by atoms with Crippen LogP contribution in [0.15, 0.2) is 12.3 Å². The molecular weight excluding hydrogens is 243 g/mol. The van der Waals surface area contributed by atoms with E-state index in [0.29, 0.717) is 5.92 Å². The highest BCUT2D eigenvalue weighted by Crippen LogP contribution is 2.45. The van der Waals surface area contributed by atoms with Crippen LogP contribution in [0.3, 0.4) is 0 Å². The number of hydrogen-bond acceptors (Lipinski definition) is 3. The molecule has 3 atom stereocenters. The molecule has 3 nitrogen and oxygen atoms in total. The van der Waals surface area contributed by atoms with Gasteiger partial charge in [0.25, 0.3) is 0 Å². The predicted octanol–water partition coefficient (Wildman–Crippen LogP) is 3.10. The third-order valence-corrected chi connectivity index (χ3v) is 4.00. The quantitative estimate of drug-likeness (QED) is 0.884. The Morgan fingerprint density at radius 1 is 1.22 bits per heavy atom. The van der Waals surface area contributed by atoms with Crippen LogP contribution < -0.4 is 5.32 Å². The summed E-state index contributed by atoms with van der Waals surface area (Å²) < 4.78 is 37.5. The van der Waals surface area contributed by atoms with Gasteiger partial charge in [0.1, 0.15) is 5.69 Å². The Morgan fingerprint density at radius 2 is 2.06 bits per heavy atom. The molecule has 0 spiro atoms. The second-order valence-corrected chi connectivity index (χ2v) is 5.19. The van der Waals surface area contributed by atoms with Crippen molar-refractivity contribution in [1.82, 2.24) is 9.97 Å². The fourth-order valence-corrected chi connectivity index (χ4v) is 3.17. The van der Waals surface area contributed by atoms with Gasteiger partial charge in [-0.05, 0) is 37.2 Å². The third-order valence-electron chi connectivity index (χ3n) is 4.00. The number of alkyl halides is 3. The molecule has 2 fully saturated rings. The summed E-state index contributed by atoms with van der Waals surface area (Å²) in [5, 5.41) is 3.06. The first kappa shape index (κ1) is 11.7. The van der Waals surface area contributed by atoms with Crippen LogP contribution in [0.4, 0.5) is 19.1 Å². The molecule has 2 saturated carbocycles. The number of hydrogen-bond donors (Lipinski definition) is 1. The van der Waals surface area contributed by atoms with Gasteiger partial charge in [-0.3, -0.25) is 0 Å². The van der Waals surface area contributed by atoms with Crippen LogP contribution in [0.2, 0.25) is 0 Å². The minimum Gasteiger partial charge on any atom is -0.351 e. The summed E-state index contributed by atoms with van der Waals surface area (Å²) in [6.07, 6.45) is 1.40. The number of anilines is 1. The van der Waals surface area contributed by atoms with Crippen molar-refractivity contribution >= 4 is 5.95 Å². The van der Waals surface area contributed by atoms with Crippen LogP contribution >= 0.6 is 0 Å². The largest absolute Gasteiger partial charge is 0.433 e. The summed E-state index contributed by atoms with van der Waals surface area (Å²) in [5.74, 6) is 1.41. The normalized spacial score (nSPS) is 30.7. The van der Waals surface area contributed by atoms with E-state index in [-0.39, 0.29) is 12.0 Å². The number of halogens is 3. The van der Waals surface area contributed by atoms with E-state index in [1.807, 2.05) is 0 Å². The first-order valence-electron chi connectivity index (χ1n) is 6.19. The second kappa shape index (κ2) is 4.10. The van der Waals surface area contributed by atoms with Crippen molar-refractivity contribution in [3.05, 3.63) is 18.0 Å². The average molecular weight is 257 g/mol. The van der Waals surface area contributed by atoms with E-state index in [2.05, 4.69) is 15.3 Å². The molecule has 3 rings (SSSR count). The lowest BCUT2D eigenvalue weighted by molar-refractivity contribution is -0.141. The average Bonchev–Trinajstić information content (AvgIpc) is 2.90. The Labute approximate surface area is 103 Å². The highest BCUT2D eigenvalue weighted by Gasteiger charge is 2.40. The maximum Gasteiger partial charge on any atom is 0.433 e. The summed E-state index contributed by atoms with van der Waals surface area (Å²) in [5.41, 5.74) is -0.886. The molecule has 6 heteroatoms. The standard InChI is InChI=1S/C12H14F3N3/c13-12(14,15)10-3-4-16-11(18-10)17-9-6-7-1-2-8(9)5-7/h3-4,7-9H,1-2,5-6H2,(H,16,17,18). The Hall–Kier alpha value is -1.33. The van der Waals surface area contributed by atoms with Crippen LogP contribution in [0.1, 0.15) is 31.4 Å². The molecule has 0 aliphatic heterocycles. The van der Waals surface area contributed by atoms with E-state index in [0.717, 1.165) is 24.6 Å². The van der Waals surface area contributed by atoms with Gasteiger partial charge in [-0.1, -0.05) is 6.42 Å². The number of rotatable bonds is 2. The SMILES string of the molecule is FC(F)(F)c1ccnc(NC2CC3CCC2C3)n1. The van der Waals surface area contributed by atoms with Crippen molar-refractivity contribution < 1.29 is 13.2 Å². The molecule has 18 heavy (non-hydrogen) atoms. The van der Waals surface area contributed by atoms with Gasteiger partial charge < -0.3 is 5.32 Å². The van der Waals surface area contributed by atoms with Crippen molar-refractivity contribution in [1.29, 1.82) is 0 Å². The maximum absolute atomic E-state index is 12.5. The van der Waals surface area contributed by atoms with Gasteiger partial charge in [-0.2, -0.15) is 13.2 Å². The van der Waals surface area contributed by atoms with Crippen molar-refractivity contribution in [3.63, 3.8) is 0 Å². The lowest BCUT2D eigenvalue weighted by atomic mass is 9.95. The zero-order valence-electron chi connectivity index (χ0n) is 9.74. The van der Waals surface area contributed by atoms with Gasteiger partial charge in [0.15, 0.2) is 0 Å².